The molecule has 0 unspecified atom stereocenters. The van der Waals surface area contributed by atoms with Gasteiger partial charge < -0.3 is 10.4 Å². The van der Waals surface area contributed by atoms with Gasteiger partial charge in [-0.25, -0.2) is 0 Å². The van der Waals surface area contributed by atoms with Gasteiger partial charge >= 0.3 is 0 Å². The molecule has 1 fully saturated rings. The van der Waals surface area contributed by atoms with Crippen molar-refractivity contribution in [3.8, 4) is 0 Å². The highest BCUT2D eigenvalue weighted by Gasteiger charge is 2.27. The second-order valence-corrected chi connectivity index (χ2v) is 5.29. The molecule has 0 atom stereocenters. The first kappa shape index (κ1) is 13.0. The van der Waals surface area contributed by atoms with Crippen LogP contribution in [0, 0.1) is 0 Å². The molecule has 1 aliphatic carbocycles. The first-order valence-corrected chi connectivity index (χ1v) is 6.60. The lowest BCUT2D eigenvalue weighted by molar-refractivity contribution is 0.0142. The molecule has 0 aliphatic heterocycles. The van der Waals surface area contributed by atoms with Gasteiger partial charge in [-0.1, -0.05) is 26.2 Å². The van der Waals surface area contributed by atoms with E-state index in [2.05, 4.69) is 12.2 Å². The molecular formula is C13H27NO. The molecule has 90 valence electrons. The fourth-order valence-electron chi connectivity index (χ4n) is 2.30. The van der Waals surface area contributed by atoms with Crippen LogP contribution in [0.2, 0.25) is 0 Å². The van der Waals surface area contributed by atoms with E-state index in [-0.39, 0.29) is 5.60 Å². The minimum Gasteiger partial charge on any atom is -0.390 e. The smallest absolute Gasteiger partial charge is 0.0621 e. The Balaban J connectivity index is 1.99. The average molecular weight is 213 g/mol. The van der Waals surface area contributed by atoms with E-state index in [9.17, 15) is 5.11 Å². The molecular weight excluding hydrogens is 186 g/mol. The van der Waals surface area contributed by atoms with Crippen molar-refractivity contribution in [2.24, 2.45) is 0 Å². The van der Waals surface area contributed by atoms with E-state index in [1.54, 1.807) is 0 Å². The Hall–Kier alpha value is -0.0800. The van der Waals surface area contributed by atoms with Gasteiger partial charge in [0.15, 0.2) is 0 Å². The van der Waals surface area contributed by atoms with E-state index in [0.29, 0.717) is 6.04 Å². The van der Waals surface area contributed by atoms with Gasteiger partial charge in [0, 0.05) is 6.04 Å². The molecule has 0 aromatic rings. The lowest BCUT2D eigenvalue weighted by Gasteiger charge is -2.33. The molecule has 2 heteroatoms. The Bertz CT molecular complexity index is 158. The quantitative estimate of drug-likeness (QED) is 0.665. The predicted molar refractivity (Wildman–Crippen MR) is 65.0 cm³/mol. The third-order valence-electron chi connectivity index (χ3n) is 3.53. The molecule has 0 saturated heterocycles. The molecule has 0 bridgehead atoms. The molecule has 1 aliphatic rings. The molecule has 2 nitrogen and oxygen atoms in total. The topological polar surface area (TPSA) is 32.3 Å². The van der Waals surface area contributed by atoms with Crippen LogP contribution >= 0.6 is 0 Å². The zero-order valence-corrected chi connectivity index (χ0v) is 10.4. The number of rotatable bonds is 6. The fraction of sp³-hybridized carbons (Fsp3) is 1.00. The van der Waals surface area contributed by atoms with Gasteiger partial charge in [0.2, 0.25) is 0 Å². The Morgan fingerprint density at radius 1 is 1.20 bits per heavy atom. The van der Waals surface area contributed by atoms with Gasteiger partial charge in [-0.2, -0.15) is 0 Å². The number of hydrogen-bond donors (Lipinski definition) is 2. The predicted octanol–water partition coefficient (Wildman–Crippen LogP) is 2.85. The van der Waals surface area contributed by atoms with Crippen LogP contribution in [0.15, 0.2) is 0 Å². The summed E-state index contributed by atoms with van der Waals surface area (Å²) < 4.78 is 0. The maximum absolute atomic E-state index is 9.81. The summed E-state index contributed by atoms with van der Waals surface area (Å²) in [6.45, 7) is 5.37. The van der Waals surface area contributed by atoms with E-state index >= 15 is 0 Å². The highest BCUT2D eigenvalue weighted by atomic mass is 16.3. The first-order chi connectivity index (χ1) is 7.14. The minimum atomic E-state index is -0.389. The van der Waals surface area contributed by atoms with Crippen molar-refractivity contribution in [3.05, 3.63) is 0 Å². The zero-order valence-electron chi connectivity index (χ0n) is 10.4. The Morgan fingerprint density at radius 2 is 1.87 bits per heavy atom. The molecule has 0 heterocycles. The normalized spacial score (nSPS) is 31.8. The van der Waals surface area contributed by atoms with Crippen LogP contribution in [0.1, 0.15) is 65.2 Å². The molecule has 15 heavy (non-hydrogen) atoms. The number of unbranched alkanes of at least 4 members (excludes halogenated alkanes) is 3. The highest BCUT2D eigenvalue weighted by Crippen LogP contribution is 2.27. The summed E-state index contributed by atoms with van der Waals surface area (Å²) in [5.74, 6) is 0. The molecule has 1 saturated carbocycles. The second kappa shape index (κ2) is 6.49. The summed E-state index contributed by atoms with van der Waals surface area (Å²) >= 11 is 0. The molecule has 0 amide bonds. The van der Waals surface area contributed by atoms with Crippen molar-refractivity contribution < 1.29 is 5.11 Å². The second-order valence-electron chi connectivity index (χ2n) is 5.29. The fourth-order valence-corrected chi connectivity index (χ4v) is 2.30. The van der Waals surface area contributed by atoms with E-state index in [1.807, 2.05) is 6.92 Å². The third-order valence-corrected chi connectivity index (χ3v) is 3.53. The van der Waals surface area contributed by atoms with E-state index in [4.69, 9.17) is 0 Å². The van der Waals surface area contributed by atoms with Crippen LogP contribution in [-0.4, -0.2) is 23.3 Å². The van der Waals surface area contributed by atoms with Crippen molar-refractivity contribution in [2.45, 2.75) is 76.9 Å². The maximum Gasteiger partial charge on any atom is 0.0621 e. The van der Waals surface area contributed by atoms with Crippen molar-refractivity contribution in [1.82, 2.24) is 5.32 Å². The summed E-state index contributed by atoms with van der Waals surface area (Å²) in [6, 6.07) is 0.659. The van der Waals surface area contributed by atoms with Crippen molar-refractivity contribution in [3.63, 3.8) is 0 Å². The molecule has 0 aromatic heterocycles. The zero-order chi connectivity index (χ0) is 11.1. The molecule has 0 aromatic carbocycles. The van der Waals surface area contributed by atoms with Gasteiger partial charge in [-0.3, -0.25) is 0 Å². The van der Waals surface area contributed by atoms with Gasteiger partial charge in [-0.05, 0) is 45.6 Å². The van der Waals surface area contributed by atoms with Crippen LogP contribution in [0.5, 0.6) is 0 Å². The molecule has 2 N–H and O–H groups in total. The van der Waals surface area contributed by atoms with Gasteiger partial charge in [0.1, 0.15) is 0 Å². The SMILES string of the molecule is CCCCCCN[C@H]1CC[C@](C)(O)CC1. The highest BCUT2D eigenvalue weighted by molar-refractivity contribution is 4.84. The molecule has 0 radical (unpaired) electrons. The van der Waals surface area contributed by atoms with E-state index < -0.39 is 0 Å². The Labute approximate surface area is 94.5 Å². The van der Waals surface area contributed by atoms with Crippen LogP contribution in [0.4, 0.5) is 0 Å². The summed E-state index contributed by atoms with van der Waals surface area (Å²) in [7, 11) is 0. The van der Waals surface area contributed by atoms with E-state index in [1.165, 1.54) is 25.7 Å². The molecule has 0 spiro atoms. The van der Waals surface area contributed by atoms with Crippen molar-refractivity contribution >= 4 is 0 Å². The van der Waals surface area contributed by atoms with Crippen molar-refractivity contribution in [2.75, 3.05) is 6.54 Å². The third kappa shape index (κ3) is 5.53. The van der Waals surface area contributed by atoms with Crippen LogP contribution in [-0.2, 0) is 0 Å². The van der Waals surface area contributed by atoms with Crippen LogP contribution < -0.4 is 5.32 Å². The standard InChI is InChI=1S/C13H27NO/c1-3-4-5-6-11-14-12-7-9-13(2,15)10-8-12/h12,14-15H,3-11H2,1-2H3/t12-,13-. The summed E-state index contributed by atoms with van der Waals surface area (Å²) in [5, 5.41) is 13.4. The summed E-state index contributed by atoms with van der Waals surface area (Å²) in [4.78, 5) is 0. The molecule has 1 rings (SSSR count). The maximum atomic E-state index is 9.81. The van der Waals surface area contributed by atoms with Gasteiger partial charge in [0.25, 0.3) is 0 Å². The Kier molecular flexibility index (Phi) is 5.62. The van der Waals surface area contributed by atoms with Crippen molar-refractivity contribution in [1.29, 1.82) is 0 Å². The number of hydrogen-bond acceptors (Lipinski definition) is 2. The van der Waals surface area contributed by atoms with Gasteiger partial charge in [-0.15, -0.1) is 0 Å². The first-order valence-electron chi connectivity index (χ1n) is 6.60. The number of nitrogens with one attached hydrogen (secondary N) is 1. The number of aliphatic hydroxyl groups is 1. The minimum absolute atomic E-state index is 0.389. The largest absolute Gasteiger partial charge is 0.390 e. The monoisotopic (exact) mass is 213 g/mol. The average Bonchev–Trinajstić information content (AvgIpc) is 2.20. The summed E-state index contributed by atoms with van der Waals surface area (Å²) in [5.41, 5.74) is -0.389. The van der Waals surface area contributed by atoms with Gasteiger partial charge in [0.05, 0.1) is 5.60 Å². The lowest BCUT2D eigenvalue weighted by Crippen LogP contribution is -2.39. The Morgan fingerprint density at radius 3 is 2.47 bits per heavy atom. The summed E-state index contributed by atoms with van der Waals surface area (Å²) in [6.07, 6.45) is 9.53. The van der Waals surface area contributed by atoms with Crippen LogP contribution in [0.3, 0.4) is 0 Å². The lowest BCUT2D eigenvalue weighted by atomic mass is 9.83. The van der Waals surface area contributed by atoms with Crippen LogP contribution in [0.25, 0.3) is 0 Å². The van der Waals surface area contributed by atoms with E-state index in [0.717, 1.165) is 32.2 Å².